The largest absolute Gasteiger partial charge is 0.479 e. The highest BCUT2D eigenvalue weighted by Crippen LogP contribution is 2.25. The normalized spacial score (nSPS) is 11.8. The maximum absolute atomic E-state index is 12.3. The molecule has 0 heterocycles. The van der Waals surface area contributed by atoms with Crippen molar-refractivity contribution in [1.82, 2.24) is 5.32 Å². The van der Waals surface area contributed by atoms with Crippen molar-refractivity contribution in [3.63, 3.8) is 0 Å². The summed E-state index contributed by atoms with van der Waals surface area (Å²) in [6.45, 7) is 2.49. The van der Waals surface area contributed by atoms with Gasteiger partial charge in [0, 0.05) is 23.1 Å². The summed E-state index contributed by atoms with van der Waals surface area (Å²) in [5.41, 5.74) is 1.11. The minimum absolute atomic E-state index is 0.124. The Hall–Kier alpha value is -1.36. The average Bonchev–Trinajstić information content (AvgIpc) is 2.62. The van der Waals surface area contributed by atoms with Gasteiger partial charge < -0.3 is 10.1 Å². The summed E-state index contributed by atoms with van der Waals surface area (Å²) in [7, 11) is 0. The van der Waals surface area contributed by atoms with E-state index in [4.69, 9.17) is 27.9 Å². The van der Waals surface area contributed by atoms with Crippen molar-refractivity contribution in [3.05, 3.63) is 64.1 Å². The van der Waals surface area contributed by atoms with E-state index >= 15 is 0 Å². The smallest absolute Gasteiger partial charge is 0.261 e. The van der Waals surface area contributed by atoms with E-state index in [0.717, 1.165) is 22.1 Å². The van der Waals surface area contributed by atoms with Crippen molar-refractivity contribution >= 4 is 40.9 Å². The number of hydrogen-bond donors (Lipinski definition) is 1. The Balaban J connectivity index is 1.73. The molecule has 0 spiro atoms. The first-order chi connectivity index (χ1) is 12.1. The number of benzene rings is 2. The molecule has 0 aliphatic heterocycles. The second-order valence-corrected chi connectivity index (χ2v) is 7.30. The molecular weight excluding hydrogens is 377 g/mol. The molecule has 1 amide bonds. The van der Waals surface area contributed by atoms with Crippen LogP contribution in [0.1, 0.15) is 18.9 Å². The Morgan fingerprint density at radius 3 is 2.48 bits per heavy atom. The number of rotatable bonds is 9. The predicted molar refractivity (Wildman–Crippen MR) is 107 cm³/mol. The van der Waals surface area contributed by atoms with Crippen LogP contribution < -0.4 is 10.1 Å². The monoisotopic (exact) mass is 397 g/mol. The molecule has 134 valence electrons. The molecule has 1 atom stereocenters. The van der Waals surface area contributed by atoms with Crippen LogP contribution in [0.4, 0.5) is 0 Å². The number of carbonyl (C=O) groups excluding carboxylic acids is 1. The average molecular weight is 398 g/mol. The van der Waals surface area contributed by atoms with Crippen LogP contribution in [0, 0.1) is 0 Å². The maximum Gasteiger partial charge on any atom is 0.261 e. The van der Waals surface area contributed by atoms with E-state index in [-0.39, 0.29) is 5.91 Å². The van der Waals surface area contributed by atoms with Crippen LogP contribution in [0.3, 0.4) is 0 Å². The zero-order valence-corrected chi connectivity index (χ0v) is 16.3. The highest BCUT2D eigenvalue weighted by atomic mass is 35.5. The van der Waals surface area contributed by atoms with Crippen LogP contribution in [0.15, 0.2) is 48.5 Å². The molecule has 2 aromatic carbocycles. The second kappa shape index (κ2) is 10.6. The van der Waals surface area contributed by atoms with Gasteiger partial charge in [-0.3, -0.25) is 4.79 Å². The zero-order valence-electron chi connectivity index (χ0n) is 14.0. The minimum Gasteiger partial charge on any atom is -0.479 e. The number of ether oxygens (including phenoxy) is 1. The third kappa shape index (κ3) is 6.46. The van der Waals surface area contributed by atoms with E-state index in [0.29, 0.717) is 23.7 Å². The third-order valence-electron chi connectivity index (χ3n) is 3.53. The SMILES string of the molecule is CC[C@H](Oc1ccccc1Cl)C(=O)NCCSCc1ccccc1Cl. The minimum atomic E-state index is -0.548. The van der Waals surface area contributed by atoms with Crippen molar-refractivity contribution in [1.29, 1.82) is 0 Å². The number of nitrogens with one attached hydrogen (secondary N) is 1. The lowest BCUT2D eigenvalue weighted by molar-refractivity contribution is -0.127. The molecule has 0 fully saturated rings. The van der Waals surface area contributed by atoms with Crippen molar-refractivity contribution in [2.45, 2.75) is 25.2 Å². The molecule has 0 aliphatic rings. The molecule has 25 heavy (non-hydrogen) atoms. The van der Waals surface area contributed by atoms with Crippen LogP contribution in [-0.4, -0.2) is 24.3 Å². The first-order valence-corrected chi connectivity index (χ1v) is 10.0. The summed E-state index contributed by atoms with van der Waals surface area (Å²) in [6.07, 6.45) is 0.0255. The van der Waals surface area contributed by atoms with E-state index < -0.39 is 6.10 Å². The van der Waals surface area contributed by atoms with Crippen LogP contribution in [0.2, 0.25) is 10.0 Å². The van der Waals surface area contributed by atoms with Crippen molar-refractivity contribution in [2.24, 2.45) is 0 Å². The fraction of sp³-hybridized carbons (Fsp3) is 0.316. The maximum atomic E-state index is 12.3. The molecule has 0 unspecified atom stereocenters. The molecule has 0 bridgehead atoms. The first-order valence-electron chi connectivity index (χ1n) is 8.12. The molecule has 0 saturated heterocycles. The van der Waals surface area contributed by atoms with Gasteiger partial charge in [-0.15, -0.1) is 0 Å². The summed E-state index contributed by atoms with van der Waals surface area (Å²) >= 11 is 13.9. The molecule has 2 aromatic rings. The highest BCUT2D eigenvalue weighted by Gasteiger charge is 2.18. The summed E-state index contributed by atoms with van der Waals surface area (Å²) in [5, 5.41) is 4.19. The van der Waals surface area contributed by atoms with E-state index in [1.807, 2.05) is 43.3 Å². The Morgan fingerprint density at radius 2 is 1.80 bits per heavy atom. The lowest BCUT2D eigenvalue weighted by Gasteiger charge is -2.18. The Labute approximate surface area is 163 Å². The Kier molecular flexibility index (Phi) is 8.45. The standard InChI is InChI=1S/C19H21Cl2NO2S/c1-2-17(24-18-10-6-5-9-16(18)21)19(23)22-11-12-25-13-14-7-3-4-8-15(14)20/h3-10,17H,2,11-13H2,1H3,(H,22,23)/t17-/m0/s1. The van der Waals surface area contributed by atoms with Gasteiger partial charge in [0.25, 0.3) is 5.91 Å². The van der Waals surface area contributed by atoms with Crippen molar-refractivity contribution < 1.29 is 9.53 Å². The van der Waals surface area contributed by atoms with Gasteiger partial charge in [-0.2, -0.15) is 11.8 Å². The second-order valence-electron chi connectivity index (χ2n) is 5.38. The van der Waals surface area contributed by atoms with Gasteiger partial charge in [-0.05, 0) is 30.2 Å². The van der Waals surface area contributed by atoms with E-state index in [2.05, 4.69) is 5.32 Å². The van der Waals surface area contributed by atoms with Gasteiger partial charge >= 0.3 is 0 Å². The summed E-state index contributed by atoms with van der Waals surface area (Å²) in [5.74, 6) is 2.03. The van der Waals surface area contributed by atoms with Gasteiger partial charge in [0.2, 0.25) is 0 Å². The van der Waals surface area contributed by atoms with Crippen molar-refractivity contribution in [2.75, 3.05) is 12.3 Å². The summed E-state index contributed by atoms with van der Waals surface area (Å²) < 4.78 is 5.73. The van der Waals surface area contributed by atoms with E-state index in [9.17, 15) is 4.79 Å². The van der Waals surface area contributed by atoms with Gasteiger partial charge in [0.1, 0.15) is 5.75 Å². The van der Waals surface area contributed by atoms with Crippen LogP contribution in [0.5, 0.6) is 5.75 Å². The van der Waals surface area contributed by atoms with E-state index in [1.165, 1.54) is 0 Å². The lowest BCUT2D eigenvalue weighted by atomic mass is 10.2. The number of para-hydroxylation sites is 1. The number of carbonyl (C=O) groups is 1. The predicted octanol–water partition coefficient (Wildman–Crippen LogP) is 5.20. The quantitative estimate of drug-likeness (QED) is 0.590. The van der Waals surface area contributed by atoms with Gasteiger partial charge in [0.15, 0.2) is 6.10 Å². The molecule has 0 saturated carbocycles. The number of halogens is 2. The first kappa shape index (κ1) is 20.0. The molecule has 6 heteroatoms. The van der Waals surface area contributed by atoms with Gasteiger partial charge in [0.05, 0.1) is 5.02 Å². The third-order valence-corrected chi connectivity index (χ3v) is 5.22. The summed E-state index contributed by atoms with van der Waals surface area (Å²) in [4.78, 5) is 12.3. The van der Waals surface area contributed by atoms with Crippen LogP contribution in [0.25, 0.3) is 0 Å². The molecule has 0 aliphatic carbocycles. The number of thioether (sulfide) groups is 1. The molecule has 0 aromatic heterocycles. The molecule has 2 rings (SSSR count). The zero-order chi connectivity index (χ0) is 18.1. The van der Waals surface area contributed by atoms with Crippen LogP contribution in [-0.2, 0) is 10.5 Å². The lowest BCUT2D eigenvalue weighted by Crippen LogP contribution is -2.39. The molecule has 0 radical (unpaired) electrons. The fourth-order valence-electron chi connectivity index (χ4n) is 2.17. The topological polar surface area (TPSA) is 38.3 Å². The Morgan fingerprint density at radius 1 is 1.12 bits per heavy atom. The van der Waals surface area contributed by atoms with E-state index in [1.54, 1.807) is 23.9 Å². The van der Waals surface area contributed by atoms with Gasteiger partial charge in [-0.25, -0.2) is 0 Å². The molecular formula is C19H21Cl2NO2S. The van der Waals surface area contributed by atoms with Gasteiger partial charge in [-0.1, -0.05) is 60.5 Å². The summed E-state index contributed by atoms with van der Waals surface area (Å²) in [6, 6.07) is 15.0. The fourth-order valence-corrected chi connectivity index (χ4v) is 3.50. The molecule has 1 N–H and O–H groups in total. The number of amides is 1. The number of hydrogen-bond acceptors (Lipinski definition) is 3. The van der Waals surface area contributed by atoms with Crippen LogP contribution >= 0.6 is 35.0 Å². The Bertz CT molecular complexity index is 697. The highest BCUT2D eigenvalue weighted by molar-refractivity contribution is 7.98. The van der Waals surface area contributed by atoms with Crippen molar-refractivity contribution in [3.8, 4) is 5.75 Å². The molecule has 3 nitrogen and oxygen atoms in total.